The van der Waals surface area contributed by atoms with Crippen molar-refractivity contribution in [3.8, 4) is 0 Å². The number of aliphatic hydroxyl groups is 1. The number of carbonyl (C=O) groups excluding carboxylic acids is 1. The molecule has 1 amide bonds. The third kappa shape index (κ3) is 3.53. The number of nitrogens with zero attached hydrogens (tertiary/aromatic N) is 1. The molecule has 1 saturated heterocycles. The second-order valence-electron chi connectivity index (χ2n) is 4.74. The fourth-order valence-electron chi connectivity index (χ4n) is 2.34. The highest BCUT2D eigenvalue weighted by Gasteiger charge is 2.25. The molecule has 1 atom stereocenters. The third-order valence-corrected chi connectivity index (χ3v) is 3.95. The minimum Gasteiger partial charge on any atom is -0.395 e. The van der Waals surface area contributed by atoms with Crippen LogP contribution in [-0.4, -0.2) is 41.7 Å². The van der Waals surface area contributed by atoms with Crippen molar-refractivity contribution in [2.75, 3.05) is 25.0 Å². The van der Waals surface area contributed by atoms with Crippen LogP contribution in [-0.2, 0) is 4.79 Å². The topological polar surface area (TPSA) is 52.6 Å². The lowest BCUT2D eigenvalue weighted by Crippen LogP contribution is -2.38. The molecule has 110 valence electrons. The van der Waals surface area contributed by atoms with Gasteiger partial charge >= 0.3 is 0 Å². The molecule has 0 unspecified atom stereocenters. The number of rotatable bonds is 4. The van der Waals surface area contributed by atoms with E-state index in [0.29, 0.717) is 6.07 Å². The maximum atomic E-state index is 13.6. The predicted molar refractivity (Wildman–Crippen MR) is 74.4 cm³/mol. The average molecular weight is 349 g/mol. The van der Waals surface area contributed by atoms with Gasteiger partial charge in [-0.1, -0.05) is 0 Å². The van der Waals surface area contributed by atoms with Crippen molar-refractivity contribution in [2.24, 2.45) is 0 Å². The Hall–Kier alpha value is -1.05. The van der Waals surface area contributed by atoms with E-state index in [1.165, 1.54) is 0 Å². The van der Waals surface area contributed by atoms with Gasteiger partial charge in [-0.2, -0.15) is 0 Å². The monoisotopic (exact) mass is 348 g/mol. The summed E-state index contributed by atoms with van der Waals surface area (Å²) in [5, 5.41) is 11.6. The first kappa shape index (κ1) is 15.3. The summed E-state index contributed by atoms with van der Waals surface area (Å²) in [5.41, 5.74) is -0.0730. The zero-order valence-corrected chi connectivity index (χ0v) is 12.3. The fourth-order valence-corrected chi connectivity index (χ4v) is 2.84. The molecule has 0 bridgehead atoms. The van der Waals surface area contributed by atoms with Gasteiger partial charge in [-0.3, -0.25) is 9.69 Å². The molecular formula is C13H15BrF2N2O2. The molecule has 2 rings (SSSR count). The SMILES string of the molecule is O=C(CN1CCC[C@H]1CO)Nc1c(F)cc(F)cc1Br. The molecule has 1 heterocycles. The number of halogens is 3. The van der Waals surface area contributed by atoms with Gasteiger partial charge in [-0.05, 0) is 41.4 Å². The largest absolute Gasteiger partial charge is 0.395 e. The lowest BCUT2D eigenvalue weighted by Gasteiger charge is -2.22. The highest BCUT2D eigenvalue weighted by Crippen LogP contribution is 2.27. The van der Waals surface area contributed by atoms with E-state index in [9.17, 15) is 18.7 Å². The number of nitrogens with one attached hydrogen (secondary N) is 1. The van der Waals surface area contributed by atoms with Crippen LogP contribution in [0.15, 0.2) is 16.6 Å². The molecule has 1 aromatic carbocycles. The van der Waals surface area contributed by atoms with Crippen LogP contribution in [0.4, 0.5) is 14.5 Å². The summed E-state index contributed by atoms with van der Waals surface area (Å²) in [7, 11) is 0. The van der Waals surface area contributed by atoms with E-state index in [1.807, 2.05) is 4.90 Å². The summed E-state index contributed by atoms with van der Waals surface area (Å²) in [4.78, 5) is 13.8. The molecule has 0 spiro atoms. The number of benzene rings is 1. The molecule has 1 fully saturated rings. The van der Waals surface area contributed by atoms with Crippen LogP contribution in [0.1, 0.15) is 12.8 Å². The lowest BCUT2D eigenvalue weighted by molar-refractivity contribution is -0.117. The van der Waals surface area contributed by atoms with E-state index in [0.717, 1.165) is 25.5 Å². The molecule has 0 radical (unpaired) electrons. The zero-order chi connectivity index (χ0) is 14.7. The van der Waals surface area contributed by atoms with Gasteiger partial charge in [-0.25, -0.2) is 8.78 Å². The maximum Gasteiger partial charge on any atom is 0.238 e. The number of hydrogen-bond donors (Lipinski definition) is 2. The molecule has 1 aliphatic rings. The van der Waals surface area contributed by atoms with Crippen LogP contribution in [0.3, 0.4) is 0 Å². The first-order valence-corrected chi connectivity index (χ1v) is 7.10. The van der Waals surface area contributed by atoms with E-state index >= 15 is 0 Å². The van der Waals surface area contributed by atoms with Crippen LogP contribution in [0.25, 0.3) is 0 Å². The van der Waals surface area contributed by atoms with Gasteiger partial charge in [0.05, 0.1) is 18.8 Å². The Morgan fingerprint density at radius 3 is 2.90 bits per heavy atom. The van der Waals surface area contributed by atoms with Crippen LogP contribution in [0.5, 0.6) is 0 Å². The Bertz CT molecular complexity index is 490. The predicted octanol–water partition coefficient (Wildman–Crippen LogP) is 2.12. The first-order chi connectivity index (χ1) is 9.51. The standard InChI is InChI=1S/C13H15BrF2N2O2/c14-10-4-8(15)5-11(16)13(10)17-12(20)6-18-3-1-2-9(18)7-19/h4-5,9,19H,1-3,6-7H2,(H,17,20)/t9-/m0/s1. The number of carbonyl (C=O) groups is 1. The Kier molecular flexibility index (Phi) is 5.06. The Labute approximate surface area is 123 Å². The van der Waals surface area contributed by atoms with E-state index in [1.54, 1.807) is 0 Å². The highest BCUT2D eigenvalue weighted by atomic mass is 79.9. The van der Waals surface area contributed by atoms with Crippen LogP contribution >= 0.6 is 15.9 Å². The van der Waals surface area contributed by atoms with Gasteiger partial charge in [0, 0.05) is 16.6 Å². The normalized spacial score (nSPS) is 19.3. The maximum absolute atomic E-state index is 13.6. The molecule has 7 heteroatoms. The van der Waals surface area contributed by atoms with Crippen LogP contribution in [0, 0.1) is 11.6 Å². The summed E-state index contributed by atoms with van der Waals surface area (Å²) >= 11 is 3.02. The smallest absolute Gasteiger partial charge is 0.238 e. The van der Waals surface area contributed by atoms with Crippen LogP contribution < -0.4 is 5.32 Å². The number of aliphatic hydroxyl groups excluding tert-OH is 1. The van der Waals surface area contributed by atoms with Crippen LogP contribution in [0.2, 0.25) is 0 Å². The van der Waals surface area contributed by atoms with Gasteiger partial charge in [0.2, 0.25) is 5.91 Å². The first-order valence-electron chi connectivity index (χ1n) is 6.30. The van der Waals surface area contributed by atoms with E-state index in [-0.39, 0.29) is 29.4 Å². The van der Waals surface area contributed by atoms with Crippen molar-refractivity contribution >= 4 is 27.5 Å². The quantitative estimate of drug-likeness (QED) is 0.876. The second kappa shape index (κ2) is 6.60. The second-order valence-corrected chi connectivity index (χ2v) is 5.60. The number of amides is 1. The summed E-state index contributed by atoms with van der Waals surface area (Å²) in [6.07, 6.45) is 1.77. The van der Waals surface area contributed by atoms with E-state index in [2.05, 4.69) is 21.2 Å². The van der Waals surface area contributed by atoms with Crippen molar-refractivity contribution in [2.45, 2.75) is 18.9 Å². The molecule has 2 N–H and O–H groups in total. The van der Waals surface area contributed by atoms with Gasteiger partial charge in [-0.15, -0.1) is 0 Å². The lowest BCUT2D eigenvalue weighted by atomic mass is 10.2. The molecule has 20 heavy (non-hydrogen) atoms. The fraction of sp³-hybridized carbons (Fsp3) is 0.462. The summed E-state index contributed by atoms with van der Waals surface area (Å²) in [5.74, 6) is -1.94. The molecule has 4 nitrogen and oxygen atoms in total. The third-order valence-electron chi connectivity index (χ3n) is 3.33. The van der Waals surface area contributed by atoms with Gasteiger partial charge < -0.3 is 10.4 Å². The zero-order valence-electron chi connectivity index (χ0n) is 10.7. The number of anilines is 1. The summed E-state index contributed by atoms with van der Waals surface area (Å²) in [6, 6.07) is 1.78. The van der Waals surface area contributed by atoms with Gasteiger partial charge in [0.25, 0.3) is 0 Å². The van der Waals surface area contributed by atoms with Gasteiger partial charge in [0.1, 0.15) is 5.82 Å². The van der Waals surface area contributed by atoms with E-state index < -0.39 is 17.5 Å². The molecule has 0 aliphatic carbocycles. The number of likely N-dealkylation sites (tertiary alicyclic amines) is 1. The summed E-state index contributed by atoms with van der Waals surface area (Å²) in [6.45, 7) is 0.808. The van der Waals surface area contributed by atoms with E-state index in [4.69, 9.17) is 0 Å². The van der Waals surface area contributed by atoms with Crippen molar-refractivity contribution < 1.29 is 18.7 Å². The summed E-state index contributed by atoms with van der Waals surface area (Å²) < 4.78 is 26.7. The van der Waals surface area contributed by atoms with Crippen molar-refractivity contribution in [3.05, 3.63) is 28.2 Å². The average Bonchev–Trinajstić information content (AvgIpc) is 2.81. The molecule has 0 saturated carbocycles. The number of hydrogen-bond acceptors (Lipinski definition) is 3. The van der Waals surface area contributed by atoms with Crippen molar-refractivity contribution in [1.29, 1.82) is 0 Å². The van der Waals surface area contributed by atoms with Crippen molar-refractivity contribution in [3.63, 3.8) is 0 Å². The molecule has 0 aromatic heterocycles. The minimum atomic E-state index is -0.828. The molecule has 1 aliphatic heterocycles. The Morgan fingerprint density at radius 1 is 1.50 bits per heavy atom. The minimum absolute atomic E-state index is 0.00187. The molecular weight excluding hydrogens is 334 g/mol. The van der Waals surface area contributed by atoms with Crippen molar-refractivity contribution in [1.82, 2.24) is 4.90 Å². The Balaban J connectivity index is 2.01. The van der Waals surface area contributed by atoms with Gasteiger partial charge in [0.15, 0.2) is 5.82 Å². The highest BCUT2D eigenvalue weighted by molar-refractivity contribution is 9.10. The molecule has 1 aromatic rings. The Morgan fingerprint density at radius 2 is 2.25 bits per heavy atom.